The van der Waals surface area contributed by atoms with Crippen LogP contribution in [0.15, 0.2) is 29.6 Å². The van der Waals surface area contributed by atoms with E-state index in [1.54, 1.807) is 11.4 Å². The number of benzene rings is 1. The number of aliphatic carboxylic acids is 1. The number of carboxylic acids is 1. The van der Waals surface area contributed by atoms with Crippen LogP contribution < -0.4 is 0 Å². The number of amides is 1. The van der Waals surface area contributed by atoms with E-state index < -0.39 is 12.0 Å². The van der Waals surface area contributed by atoms with Crippen molar-refractivity contribution in [3.63, 3.8) is 0 Å². The van der Waals surface area contributed by atoms with E-state index in [2.05, 4.69) is 4.98 Å². The van der Waals surface area contributed by atoms with Gasteiger partial charge in [-0.05, 0) is 42.4 Å². The summed E-state index contributed by atoms with van der Waals surface area (Å²) >= 11 is 1.34. The molecule has 1 aromatic heterocycles. The number of carbonyl (C=O) groups excluding carboxylic acids is 1. The average Bonchev–Trinajstić information content (AvgIpc) is 3.28. The third-order valence-corrected chi connectivity index (χ3v) is 6.27. The van der Waals surface area contributed by atoms with Gasteiger partial charge in [0, 0.05) is 18.3 Å². The Morgan fingerprint density at radius 1 is 1.35 bits per heavy atom. The minimum Gasteiger partial charge on any atom is -0.480 e. The summed E-state index contributed by atoms with van der Waals surface area (Å²) < 4.78 is 13.3. The summed E-state index contributed by atoms with van der Waals surface area (Å²) in [6.07, 6.45) is 3.34. The van der Waals surface area contributed by atoms with Crippen LogP contribution in [-0.4, -0.2) is 39.5 Å². The lowest BCUT2D eigenvalue weighted by molar-refractivity contribution is -0.142. The van der Waals surface area contributed by atoms with Crippen LogP contribution in [-0.2, 0) is 11.2 Å². The second-order valence-corrected chi connectivity index (χ2v) is 7.97. The number of rotatable bonds is 4. The molecule has 3 unspecified atom stereocenters. The number of carbonyl (C=O) groups is 2. The highest BCUT2D eigenvalue weighted by Crippen LogP contribution is 2.42. The normalized spacial score (nSPS) is 24.7. The summed E-state index contributed by atoms with van der Waals surface area (Å²) in [6, 6.07) is 5.55. The van der Waals surface area contributed by atoms with Crippen LogP contribution in [0.5, 0.6) is 0 Å². The summed E-state index contributed by atoms with van der Waals surface area (Å²) in [5.41, 5.74) is 1.07. The molecule has 1 saturated heterocycles. The summed E-state index contributed by atoms with van der Waals surface area (Å²) in [6.45, 7) is 0.497. The van der Waals surface area contributed by atoms with Gasteiger partial charge in [0.05, 0.1) is 5.01 Å². The second-order valence-electron chi connectivity index (χ2n) is 7.03. The smallest absolute Gasteiger partial charge is 0.326 e. The molecule has 26 heavy (non-hydrogen) atoms. The average molecular weight is 374 g/mol. The van der Waals surface area contributed by atoms with Crippen LogP contribution in [0.1, 0.15) is 40.3 Å². The highest BCUT2D eigenvalue weighted by molar-refractivity contribution is 7.09. The van der Waals surface area contributed by atoms with Crippen molar-refractivity contribution in [1.29, 1.82) is 0 Å². The van der Waals surface area contributed by atoms with E-state index in [0.29, 0.717) is 18.0 Å². The molecule has 3 atom stereocenters. The molecule has 1 aromatic carbocycles. The maximum atomic E-state index is 13.3. The number of likely N-dealkylation sites (tertiary alicyclic amines) is 1. The van der Waals surface area contributed by atoms with E-state index >= 15 is 0 Å². The number of hydrogen-bond acceptors (Lipinski definition) is 4. The van der Waals surface area contributed by atoms with E-state index in [1.807, 2.05) is 6.07 Å². The van der Waals surface area contributed by atoms with Gasteiger partial charge in [-0.15, -0.1) is 11.3 Å². The van der Waals surface area contributed by atoms with Crippen LogP contribution >= 0.6 is 11.3 Å². The first-order valence-corrected chi connectivity index (χ1v) is 9.63. The number of hydrogen-bond donors (Lipinski definition) is 1. The molecule has 7 heteroatoms. The number of nitrogens with zero attached hydrogens (tertiary/aromatic N) is 2. The van der Waals surface area contributed by atoms with E-state index in [9.17, 15) is 19.1 Å². The topological polar surface area (TPSA) is 70.5 Å². The molecule has 2 aliphatic rings. The largest absolute Gasteiger partial charge is 0.480 e. The van der Waals surface area contributed by atoms with Crippen molar-refractivity contribution in [3.8, 4) is 0 Å². The van der Waals surface area contributed by atoms with Gasteiger partial charge in [-0.1, -0.05) is 18.6 Å². The molecular weight excluding hydrogens is 355 g/mol. The molecule has 1 amide bonds. The molecule has 2 aromatic rings. The maximum Gasteiger partial charge on any atom is 0.326 e. The first-order valence-electron chi connectivity index (χ1n) is 8.75. The molecule has 2 fully saturated rings. The minimum atomic E-state index is -0.928. The fraction of sp³-hybridized carbons (Fsp3) is 0.421. The Hall–Kier alpha value is -2.28. The van der Waals surface area contributed by atoms with E-state index in [1.165, 1.54) is 28.4 Å². The lowest BCUT2D eigenvalue weighted by atomic mass is 9.94. The molecule has 2 heterocycles. The molecule has 0 bridgehead atoms. The zero-order valence-corrected chi connectivity index (χ0v) is 14.9. The minimum absolute atomic E-state index is 0.0573. The molecule has 0 radical (unpaired) electrons. The third kappa shape index (κ3) is 3.11. The van der Waals surface area contributed by atoms with Gasteiger partial charge < -0.3 is 10.0 Å². The maximum absolute atomic E-state index is 13.3. The standard InChI is InChI=1S/C19H19FN2O3S/c20-13-5-1-3-11(7-13)8-16-21-15(10-26-16)18(23)22-9-12-4-2-6-14(12)17(22)19(24)25/h1,3,5,7,10,12,14,17H,2,4,6,8-9H2,(H,24,25). The molecule has 1 N–H and O–H groups in total. The van der Waals surface area contributed by atoms with Crippen LogP contribution in [0.25, 0.3) is 0 Å². The van der Waals surface area contributed by atoms with E-state index in [0.717, 1.165) is 24.8 Å². The SMILES string of the molecule is O=C(O)C1C2CCCC2CN1C(=O)c1csc(Cc2cccc(F)c2)n1. The highest BCUT2D eigenvalue weighted by Gasteiger charge is 2.49. The molecule has 1 saturated carbocycles. The number of carboxylic acid groups (broad SMARTS) is 1. The fourth-order valence-corrected chi connectivity index (χ4v) is 5.09. The first-order chi connectivity index (χ1) is 12.5. The van der Waals surface area contributed by atoms with E-state index in [4.69, 9.17) is 0 Å². The van der Waals surface area contributed by atoms with Crippen molar-refractivity contribution in [1.82, 2.24) is 9.88 Å². The molecule has 136 valence electrons. The zero-order chi connectivity index (χ0) is 18.3. The molecule has 1 aliphatic heterocycles. The van der Waals surface area contributed by atoms with Gasteiger partial charge in [0.1, 0.15) is 17.6 Å². The van der Waals surface area contributed by atoms with Crippen LogP contribution in [0.3, 0.4) is 0 Å². The summed E-state index contributed by atoms with van der Waals surface area (Å²) in [5.74, 6) is -1.20. The Morgan fingerprint density at radius 3 is 2.96 bits per heavy atom. The van der Waals surface area contributed by atoms with Crippen molar-refractivity contribution in [2.75, 3.05) is 6.54 Å². The zero-order valence-electron chi connectivity index (χ0n) is 14.1. The Morgan fingerprint density at radius 2 is 2.19 bits per heavy atom. The molecule has 4 rings (SSSR count). The molecular formula is C19H19FN2O3S. The summed E-state index contributed by atoms with van der Waals surface area (Å²) in [5, 5.41) is 12.0. The molecule has 0 spiro atoms. The van der Waals surface area contributed by atoms with Crippen LogP contribution in [0.2, 0.25) is 0 Å². The van der Waals surface area contributed by atoms with Gasteiger partial charge in [0.15, 0.2) is 0 Å². The van der Waals surface area contributed by atoms with Gasteiger partial charge in [0.2, 0.25) is 0 Å². The Labute approximate surface area is 154 Å². The van der Waals surface area contributed by atoms with Crippen molar-refractivity contribution < 1.29 is 19.1 Å². The van der Waals surface area contributed by atoms with Crippen molar-refractivity contribution >= 4 is 23.2 Å². The molecule has 1 aliphatic carbocycles. The first kappa shape index (κ1) is 17.1. The Balaban J connectivity index is 1.52. The van der Waals surface area contributed by atoms with Crippen LogP contribution in [0, 0.1) is 17.7 Å². The van der Waals surface area contributed by atoms with Gasteiger partial charge in [-0.25, -0.2) is 14.2 Å². The number of thiazole rings is 1. The Kier molecular flexibility index (Phi) is 4.48. The highest BCUT2D eigenvalue weighted by atomic mass is 32.1. The van der Waals surface area contributed by atoms with E-state index in [-0.39, 0.29) is 29.3 Å². The second kappa shape index (κ2) is 6.79. The third-order valence-electron chi connectivity index (χ3n) is 5.42. The predicted molar refractivity (Wildman–Crippen MR) is 94.6 cm³/mol. The monoisotopic (exact) mass is 374 g/mol. The van der Waals surface area contributed by atoms with Crippen molar-refractivity contribution in [3.05, 3.63) is 51.7 Å². The number of fused-ring (bicyclic) bond motifs is 1. The Bertz CT molecular complexity index is 853. The van der Waals surface area contributed by atoms with Gasteiger partial charge >= 0.3 is 5.97 Å². The quantitative estimate of drug-likeness (QED) is 0.892. The summed E-state index contributed by atoms with van der Waals surface area (Å²) in [7, 11) is 0. The fourth-order valence-electron chi connectivity index (χ4n) is 4.29. The number of halogens is 1. The predicted octanol–water partition coefficient (Wildman–Crippen LogP) is 3.20. The van der Waals surface area contributed by atoms with Gasteiger partial charge in [0.25, 0.3) is 5.91 Å². The van der Waals surface area contributed by atoms with Gasteiger partial charge in [-0.3, -0.25) is 4.79 Å². The van der Waals surface area contributed by atoms with Gasteiger partial charge in [-0.2, -0.15) is 0 Å². The van der Waals surface area contributed by atoms with Crippen LogP contribution in [0.4, 0.5) is 4.39 Å². The lowest BCUT2D eigenvalue weighted by Crippen LogP contribution is -2.43. The van der Waals surface area contributed by atoms with Crippen molar-refractivity contribution in [2.45, 2.75) is 31.7 Å². The number of aromatic nitrogens is 1. The lowest BCUT2D eigenvalue weighted by Gasteiger charge is -2.23. The molecule has 5 nitrogen and oxygen atoms in total. The summed E-state index contributed by atoms with van der Waals surface area (Å²) in [4.78, 5) is 30.4. The van der Waals surface area contributed by atoms with Crippen molar-refractivity contribution in [2.24, 2.45) is 11.8 Å².